The van der Waals surface area contributed by atoms with Crippen LogP contribution in [0.2, 0.25) is 0 Å². The van der Waals surface area contributed by atoms with Crippen LogP contribution in [0, 0.1) is 0 Å². The van der Waals surface area contributed by atoms with Crippen LogP contribution in [0.1, 0.15) is 18.1 Å². The van der Waals surface area contributed by atoms with Crippen LogP contribution in [0.5, 0.6) is 5.75 Å². The third-order valence-electron chi connectivity index (χ3n) is 3.37. The van der Waals surface area contributed by atoms with Crippen LogP contribution >= 0.6 is 0 Å². The Balaban J connectivity index is 1.87. The fourth-order valence-electron chi connectivity index (χ4n) is 2.24. The number of hydrogen-bond acceptors (Lipinski definition) is 3. The van der Waals surface area contributed by atoms with Gasteiger partial charge in [0.15, 0.2) is 0 Å². The second-order valence-corrected chi connectivity index (χ2v) is 5.06. The minimum Gasteiger partial charge on any atom is -0.489 e. The van der Waals surface area contributed by atoms with Crippen LogP contribution in [0.25, 0.3) is 0 Å². The number of ether oxygens (including phenoxy) is 1. The van der Waals surface area contributed by atoms with Crippen LogP contribution in [0.4, 0.5) is 0 Å². The van der Waals surface area contributed by atoms with Crippen molar-refractivity contribution in [2.75, 3.05) is 13.2 Å². The number of hydrogen-bond donors (Lipinski definition) is 2. The third kappa shape index (κ3) is 5.21. The van der Waals surface area contributed by atoms with Gasteiger partial charge in [0.05, 0.1) is 6.61 Å². The zero-order chi connectivity index (χ0) is 14.9. The summed E-state index contributed by atoms with van der Waals surface area (Å²) in [4.78, 5) is 0. The van der Waals surface area contributed by atoms with Gasteiger partial charge in [-0.25, -0.2) is 0 Å². The van der Waals surface area contributed by atoms with E-state index < -0.39 is 0 Å². The maximum atomic E-state index is 9.30. The van der Waals surface area contributed by atoms with E-state index in [1.165, 1.54) is 5.56 Å². The van der Waals surface area contributed by atoms with Gasteiger partial charge < -0.3 is 15.2 Å². The maximum Gasteiger partial charge on any atom is 0.119 e. The molecular weight excluding hydrogens is 262 g/mol. The van der Waals surface area contributed by atoms with Gasteiger partial charge in [-0.15, -0.1) is 0 Å². The molecule has 2 aromatic rings. The van der Waals surface area contributed by atoms with Crippen molar-refractivity contribution in [1.82, 2.24) is 5.32 Å². The van der Waals surface area contributed by atoms with E-state index in [0.29, 0.717) is 6.61 Å². The first-order valence-corrected chi connectivity index (χ1v) is 7.41. The summed E-state index contributed by atoms with van der Waals surface area (Å²) in [6.45, 7) is 3.64. The minimum absolute atomic E-state index is 0.117. The number of rotatable bonds is 8. The highest BCUT2D eigenvalue weighted by Crippen LogP contribution is 2.15. The van der Waals surface area contributed by atoms with Crippen LogP contribution in [-0.2, 0) is 13.0 Å². The summed E-state index contributed by atoms with van der Waals surface area (Å²) in [6, 6.07) is 18.3. The Bertz CT molecular complexity index is 511. The van der Waals surface area contributed by atoms with Gasteiger partial charge in [0.1, 0.15) is 12.4 Å². The number of nitrogens with one attached hydrogen (secondary N) is 1. The maximum absolute atomic E-state index is 9.30. The molecule has 0 aliphatic rings. The van der Waals surface area contributed by atoms with Crippen molar-refractivity contribution in [1.29, 1.82) is 0 Å². The molecule has 0 saturated heterocycles. The molecule has 0 aliphatic heterocycles. The molecular formula is C18H23NO2. The van der Waals surface area contributed by atoms with Crippen molar-refractivity contribution in [3.63, 3.8) is 0 Å². The van der Waals surface area contributed by atoms with Gasteiger partial charge in [0.25, 0.3) is 0 Å². The molecule has 2 aromatic carbocycles. The lowest BCUT2D eigenvalue weighted by Gasteiger charge is -2.15. The predicted molar refractivity (Wildman–Crippen MR) is 85.5 cm³/mol. The Morgan fingerprint density at radius 1 is 1.00 bits per heavy atom. The fourth-order valence-corrected chi connectivity index (χ4v) is 2.24. The molecule has 2 rings (SSSR count). The summed E-state index contributed by atoms with van der Waals surface area (Å²) < 4.78 is 5.76. The second kappa shape index (κ2) is 8.45. The van der Waals surface area contributed by atoms with Gasteiger partial charge in [-0.1, -0.05) is 49.4 Å². The Labute approximate surface area is 126 Å². The topological polar surface area (TPSA) is 41.5 Å². The van der Waals surface area contributed by atoms with Crippen molar-refractivity contribution in [2.24, 2.45) is 0 Å². The molecule has 3 heteroatoms. The molecule has 2 N–H and O–H groups in total. The van der Waals surface area contributed by atoms with Gasteiger partial charge in [0, 0.05) is 6.04 Å². The Kier molecular flexibility index (Phi) is 6.25. The van der Waals surface area contributed by atoms with E-state index in [4.69, 9.17) is 4.74 Å². The standard InChI is InChI=1S/C18H23NO2/c1-2-19-17(13-20)12-15-8-10-18(11-9-15)21-14-16-6-4-3-5-7-16/h3-11,17,19-20H,2,12-14H2,1H3. The third-order valence-corrected chi connectivity index (χ3v) is 3.37. The first-order valence-electron chi connectivity index (χ1n) is 7.41. The molecule has 0 spiro atoms. The predicted octanol–water partition coefficient (Wildman–Crippen LogP) is 2.78. The smallest absolute Gasteiger partial charge is 0.119 e. The normalized spacial score (nSPS) is 12.1. The van der Waals surface area contributed by atoms with Gasteiger partial charge in [0.2, 0.25) is 0 Å². The summed E-state index contributed by atoms with van der Waals surface area (Å²) >= 11 is 0. The largest absolute Gasteiger partial charge is 0.489 e. The number of aliphatic hydroxyl groups excluding tert-OH is 1. The number of aliphatic hydroxyl groups is 1. The lowest BCUT2D eigenvalue weighted by molar-refractivity contribution is 0.243. The Hall–Kier alpha value is -1.84. The number of likely N-dealkylation sites (N-methyl/N-ethyl adjacent to an activating group) is 1. The summed E-state index contributed by atoms with van der Waals surface area (Å²) in [6.07, 6.45) is 0.823. The summed E-state index contributed by atoms with van der Waals surface area (Å²) in [5.41, 5.74) is 2.36. The summed E-state index contributed by atoms with van der Waals surface area (Å²) in [7, 11) is 0. The zero-order valence-electron chi connectivity index (χ0n) is 12.5. The zero-order valence-corrected chi connectivity index (χ0v) is 12.5. The molecule has 0 saturated carbocycles. The van der Waals surface area contributed by atoms with E-state index in [0.717, 1.165) is 24.3 Å². The molecule has 0 heterocycles. The molecule has 0 radical (unpaired) electrons. The van der Waals surface area contributed by atoms with E-state index >= 15 is 0 Å². The van der Waals surface area contributed by atoms with E-state index in [-0.39, 0.29) is 12.6 Å². The molecule has 0 aromatic heterocycles. The van der Waals surface area contributed by atoms with Crippen molar-refractivity contribution in [2.45, 2.75) is 26.0 Å². The van der Waals surface area contributed by atoms with E-state index in [1.807, 2.05) is 37.3 Å². The molecule has 0 amide bonds. The first-order chi connectivity index (χ1) is 10.3. The number of benzene rings is 2. The molecule has 3 nitrogen and oxygen atoms in total. The fraction of sp³-hybridized carbons (Fsp3) is 0.333. The molecule has 1 atom stereocenters. The average molecular weight is 285 g/mol. The molecule has 112 valence electrons. The van der Waals surface area contributed by atoms with Crippen LogP contribution in [-0.4, -0.2) is 24.3 Å². The average Bonchev–Trinajstić information content (AvgIpc) is 2.54. The van der Waals surface area contributed by atoms with Crippen LogP contribution < -0.4 is 10.1 Å². The summed E-state index contributed by atoms with van der Waals surface area (Å²) in [5.74, 6) is 0.867. The van der Waals surface area contributed by atoms with E-state index in [2.05, 4.69) is 29.6 Å². The van der Waals surface area contributed by atoms with Crippen molar-refractivity contribution < 1.29 is 9.84 Å². The quantitative estimate of drug-likeness (QED) is 0.783. The Morgan fingerprint density at radius 3 is 2.33 bits per heavy atom. The lowest BCUT2D eigenvalue weighted by Crippen LogP contribution is -2.34. The van der Waals surface area contributed by atoms with E-state index in [1.54, 1.807) is 0 Å². The molecule has 0 bridgehead atoms. The van der Waals surface area contributed by atoms with Crippen LogP contribution in [0.15, 0.2) is 54.6 Å². The highest BCUT2D eigenvalue weighted by molar-refractivity contribution is 5.28. The van der Waals surface area contributed by atoms with E-state index in [9.17, 15) is 5.11 Å². The second-order valence-electron chi connectivity index (χ2n) is 5.06. The monoisotopic (exact) mass is 285 g/mol. The molecule has 0 fully saturated rings. The molecule has 21 heavy (non-hydrogen) atoms. The first kappa shape index (κ1) is 15.5. The molecule has 0 aliphatic carbocycles. The van der Waals surface area contributed by atoms with Crippen molar-refractivity contribution in [3.05, 3.63) is 65.7 Å². The van der Waals surface area contributed by atoms with Crippen LogP contribution in [0.3, 0.4) is 0 Å². The SMILES string of the molecule is CCNC(CO)Cc1ccc(OCc2ccccc2)cc1. The highest BCUT2D eigenvalue weighted by Gasteiger charge is 2.06. The van der Waals surface area contributed by atoms with Gasteiger partial charge in [-0.2, -0.15) is 0 Å². The highest BCUT2D eigenvalue weighted by atomic mass is 16.5. The van der Waals surface area contributed by atoms with Crippen molar-refractivity contribution in [3.8, 4) is 5.75 Å². The van der Waals surface area contributed by atoms with Gasteiger partial charge in [-0.3, -0.25) is 0 Å². The van der Waals surface area contributed by atoms with Crippen molar-refractivity contribution >= 4 is 0 Å². The van der Waals surface area contributed by atoms with Gasteiger partial charge in [-0.05, 0) is 36.2 Å². The lowest BCUT2D eigenvalue weighted by atomic mass is 10.1. The van der Waals surface area contributed by atoms with Gasteiger partial charge >= 0.3 is 0 Å². The Morgan fingerprint density at radius 2 is 1.71 bits per heavy atom. The summed E-state index contributed by atoms with van der Waals surface area (Å²) in [5, 5.41) is 12.6. The molecule has 1 unspecified atom stereocenters. The minimum atomic E-state index is 0.117.